The molecule has 0 aliphatic rings. The van der Waals surface area contributed by atoms with Gasteiger partial charge >= 0.3 is 0 Å². The molecule has 1 N–H and O–H groups in total. The fourth-order valence-electron chi connectivity index (χ4n) is 2.75. The number of aliphatic hydroxyl groups excluding tert-OH is 1. The van der Waals surface area contributed by atoms with Gasteiger partial charge in [-0.05, 0) is 43.3 Å². The van der Waals surface area contributed by atoms with Crippen molar-refractivity contribution in [2.24, 2.45) is 11.3 Å². The molecule has 24 heavy (non-hydrogen) atoms. The number of ether oxygens (including phenoxy) is 1. The van der Waals surface area contributed by atoms with Crippen LogP contribution in [0.15, 0.2) is 0 Å². The van der Waals surface area contributed by atoms with E-state index in [0.717, 1.165) is 25.7 Å². The Morgan fingerprint density at radius 3 is 1.96 bits per heavy atom. The Morgan fingerprint density at radius 2 is 1.54 bits per heavy atom. The average Bonchev–Trinajstić information content (AvgIpc) is 2.47. The van der Waals surface area contributed by atoms with Gasteiger partial charge < -0.3 is 14.3 Å². The molecule has 0 aromatic carbocycles. The Morgan fingerprint density at radius 1 is 1.00 bits per heavy atom. The summed E-state index contributed by atoms with van der Waals surface area (Å²) < 4.78 is 11.9. The molecule has 3 atom stereocenters. The highest BCUT2D eigenvalue weighted by Crippen LogP contribution is 2.38. The minimum atomic E-state index is -1.78. The zero-order chi connectivity index (χ0) is 19.2. The molecule has 0 amide bonds. The molecular weight excluding hydrogens is 316 g/mol. The Balaban J connectivity index is 4.62. The number of methoxy groups -OCH3 is 1. The van der Waals surface area contributed by atoms with Crippen molar-refractivity contribution < 1.29 is 14.3 Å². The quantitative estimate of drug-likeness (QED) is 0.485. The van der Waals surface area contributed by atoms with Gasteiger partial charge in [0, 0.05) is 19.1 Å². The van der Waals surface area contributed by atoms with Crippen molar-refractivity contribution in [3.8, 4) is 0 Å². The highest BCUT2D eigenvalue weighted by atomic mass is 28.4. The molecule has 0 saturated carbocycles. The summed E-state index contributed by atoms with van der Waals surface area (Å²) in [6.45, 7) is 20.5. The molecule has 0 saturated heterocycles. The maximum Gasteiger partial charge on any atom is 0.192 e. The minimum Gasteiger partial charge on any atom is -0.416 e. The lowest BCUT2D eigenvalue weighted by atomic mass is 9.79. The van der Waals surface area contributed by atoms with Crippen LogP contribution in [0.5, 0.6) is 0 Å². The topological polar surface area (TPSA) is 38.7 Å². The van der Waals surface area contributed by atoms with E-state index in [1.807, 2.05) is 0 Å². The zero-order valence-corrected chi connectivity index (χ0v) is 19.0. The van der Waals surface area contributed by atoms with Crippen molar-refractivity contribution in [1.82, 2.24) is 0 Å². The largest absolute Gasteiger partial charge is 0.416 e. The second kappa shape index (κ2) is 9.70. The van der Waals surface area contributed by atoms with Gasteiger partial charge in [0.05, 0.1) is 12.2 Å². The van der Waals surface area contributed by atoms with Crippen molar-refractivity contribution in [2.45, 2.75) is 104 Å². The normalized spacial score (nSPS) is 17.6. The van der Waals surface area contributed by atoms with E-state index in [0.29, 0.717) is 12.7 Å². The highest BCUT2D eigenvalue weighted by molar-refractivity contribution is 6.74. The van der Waals surface area contributed by atoms with Crippen molar-refractivity contribution in [1.29, 1.82) is 0 Å². The van der Waals surface area contributed by atoms with Gasteiger partial charge in [-0.25, -0.2) is 0 Å². The summed E-state index contributed by atoms with van der Waals surface area (Å²) in [6, 6.07) is 0. The molecule has 0 spiro atoms. The van der Waals surface area contributed by atoms with Crippen molar-refractivity contribution in [3.63, 3.8) is 0 Å². The van der Waals surface area contributed by atoms with Gasteiger partial charge in [0.2, 0.25) is 0 Å². The molecule has 0 fully saturated rings. The predicted molar refractivity (Wildman–Crippen MR) is 107 cm³/mol. The van der Waals surface area contributed by atoms with Gasteiger partial charge in [-0.2, -0.15) is 0 Å². The smallest absolute Gasteiger partial charge is 0.192 e. The molecular formula is C20H44O3Si. The van der Waals surface area contributed by atoms with Crippen LogP contribution in [-0.4, -0.2) is 39.3 Å². The fraction of sp³-hybridized carbons (Fsp3) is 1.00. The number of rotatable bonds is 11. The molecule has 0 radical (unpaired) electrons. The summed E-state index contributed by atoms with van der Waals surface area (Å²) in [5.74, 6) is 0.248. The van der Waals surface area contributed by atoms with Crippen LogP contribution in [0.1, 0.15) is 74.1 Å². The first kappa shape index (κ1) is 24.1. The van der Waals surface area contributed by atoms with Crippen LogP contribution in [-0.2, 0) is 9.16 Å². The van der Waals surface area contributed by atoms with Crippen LogP contribution in [0.3, 0.4) is 0 Å². The summed E-state index contributed by atoms with van der Waals surface area (Å²) in [6.07, 6.45) is 4.20. The molecule has 3 nitrogen and oxygen atoms in total. The third-order valence-corrected chi connectivity index (χ3v) is 10.3. The lowest BCUT2D eigenvalue weighted by Gasteiger charge is -2.41. The minimum absolute atomic E-state index is 0.200. The van der Waals surface area contributed by atoms with E-state index in [1.54, 1.807) is 7.11 Å². The van der Waals surface area contributed by atoms with E-state index in [4.69, 9.17) is 9.16 Å². The van der Waals surface area contributed by atoms with E-state index in [-0.39, 0.29) is 22.5 Å². The summed E-state index contributed by atoms with van der Waals surface area (Å²) in [5, 5.41) is 11.1. The van der Waals surface area contributed by atoms with Crippen LogP contribution >= 0.6 is 0 Å². The molecule has 0 aromatic rings. The Labute approximate surface area is 152 Å². The molecule has 146 valence electrons. The standard InChI is InChI=1S/C20H44O3Si/c1-11-12-17(22-8)14-13-16(2)18(21)20(6,7)15-23-24(9,10)19(3,4)5/h16-18,21H,11-15H2,1-10H3/t16-,17+,18+/m1/s1. The third-order valence-electron chi connectivity index (χ3n) is 5.84. The maximum absolute atomic E-state index is 10.9. The maximum atomic E-state index is 10.9. The summed E-state index contributed by atoms with van der Waals surface area (Å²) in [5.41, 5.74) is -0.234. The highest BCUT2D eigenvalue weighted by Gasteiger charge is 2.40. The summed E-state index contributed by atoms with van der Waals surface area (Å²) >= 11 is 0. The SMILES string of the molecule is CCC[C@@H](CC[C@@H](C)[C@H](O)C(C)(C)CO[Si](C)(C)C(C)(C)C)OC. The second-order valence-electron chi connectivity index (χ2n) is 9.68. The molecule has 0 rings (SSSR count). The average molecular weight is 361 g/mol. The van der Waals surface area contributed by atoms with Crippen LogP contribution < -0.4 is 0 Å². The molecule has 0 bridgehead atoms. The van der Waals surface area contributed by atoms with Crippen LogP contribution in [0, 0.1) is 11.3 Å². The lowest BCUT2D eigenvalue weighted by Crippen LogP contribution is -2.46. The van der Waals surface area contributed by atoms with E-state index in [2.05, 4.69) is 61.6 Å². The predicted octanol–water partition coefficient (Wildman–Crippen LogP) is 5.63. The van der Waals surface area contributed by atoms with Crippen molar-refractivity contribution >= 4 is 8.32 Å². The molecule has 0 unspecified atom stereocenters. The Hall–Kier alpha value is 0.0969. The monoisotopic (exact) mass is 360 g/mol. The Bertz CT molecular complexity index is 347. The first-order valence-electron chi connectivity index (χ1n) is 9.63. The summed E-state index contributed by atoms with van der Waals surface area (Å²) in [4.78, 5) is 0. The van der Waals surface area contributed by atoms with E-state index in [1.165, 1.54) is 0 Å². The number of hydrogen-bond acceptors (Lipinski definition) is 3. The van der Waals surface area contributed by atoms with Crippen LogP contribution in [0.4, 0.5) is 0 Å². The summed E-state index contributed by atoms with van der Waals surface area (Å²) in [7, 11) is 0.0108. The molecule has 0 heterocycles. The van der Waals surface area contributed by atoms with Crippen molar-refractivity contribution in [3.05, 3.63) is 0 Å². The first-order chi connectivity index (χ1) is 10.8. The van der Waals surface area contributed by atoms with E-state index < -0.39 is 8.32 Å². The number of hydrogen-bond donors (Lipinski definition) is 1. The Kier molecular flexibility index (Phi) is 9.74. The van der Waals surface area contributed by atoms with Gasteiger partial charge in [-0.3, -0.25) is 0 Å². The van der Waals surface area contributed by atoms with Gasteiger partial charge in [0.25, 0.3) is 0 Å². The molecule has 0 aliphatic carbocycles. The van der Waals surface area contributed by atoms with Crippen molar-refractivity contribution in [2.75, 3.05) is 13.7 Å². The fourth-order valence-corrected chi connectivity index (χ4v) is 3.91. The van der Waals surface area contributed by atoms with Gasteiger partial charge in [0.1, 0.15) is 0 Å². The van der Waals surface area contributed by atoms with Gasteiger partial charge in [0.15, 0.2) is 8.32 Å². The molecule has 0 aliphatic heterocycles. The van der Waals surface area contributed by atoms with E-state index in [9.17, 15) is 5.11 Å². The first-order valence-corrected chi connectivity index (χ1v) is 12.5. The lowest BCUT2D eigenvalue weighted by molar-refractivity contribution is -0.0286. The third kappa shape index (κ3) is 7.55. The van der Waals surface area contributed by atoms with Gasteiger partial charge in [-0.15, -0.1) is 0 Å². The van der Waals surface area contributed by atoms with Gasteiger partial charge in [-0.1, -0.05) is 54.9 Å². The second-order valence-corrected chi connectivity index (χ2v) is 14.5. The van der Waals surface area contributed by atoms with Crippen LogP contribution in [0.2, 0.25) is 18.1 Å². The van der Waals surface area contributed by atoms with Crippen LogP contribution in [0.25, 0.3) is 0 Å². The number of aliphatic hydroxyl groups is 1. The van der Waals surface area contributed by atoms with E-state index >= 15 is 0 Å². The molecule has 4 heteroatoms. The zero-order valence-electron chi connectivity index (χ0n) is 18.0. The molecule has 0 aromatic heterocycles.